The molecule has 0 saturated heterocycles. The predicted octanol–water partition coefficient (Wildman–Crippen LogP) is 2.86. The number of halogens is 1. The third kappa shape index (κ3) is 0.986. The second-order valence-electron chi connectivity index (χ2n) is 4.98. The molecule has 3 saturated carbocycles. The van der Waals surface area contributed by atoms with Crippen molar-refractivity contribution in [2.75, 3.05) is 6.61 Å². The molecule has 3 aliphatic carbocycles. The van der Waals surface area contributed by atoms with E-state index in [0.29, 0.717) is 17.4 Å². The Morgan fingerprint density at radius 1 is 1.14 bits per heavy atom. The van der Waals surface area contributed by atoms with E-state index >= 15 is 0 Å². The molecule has 14 heavy (non-hydrogen) atoms. The van der Waals surface area contributed by atoms with Crippen LogP contribution in [0.15, 0.2) is 28.7 Å². The van der Waals surface area contributed by atoms with Gasteiger partial charge in [-0.3, -0.25) is 0 Å². The van der Waals surface area contributed by atoms with E-state index in [2.05, 4.69) is 40.2 Å². The van der Waals surface area contributed by atoms with Crippen LogP contribution >= 0.6 is 15.9 Å². The van der Waals surface area contributed by atoms with Gasteiger partial charge in [-0.2, -0.15) is 0 Å². The highest BCUT2D eigenvalue weighted by Gasteiger charge is 2.67. The van der Waals surface area contributed by atoms with Crippen LogP contribution in [0.4, 0.5) is 0 Å². The quantitative estimate of drug-likeness (QED) is 0.859. The molecule has 1 aromatic rings. The summed E-state index contributed by atoms with van der Waals surface area (Å²) >= 11 is 3.45. The Morgan fingerprint density at radius 3 is 2.21 bits per heavy atom. The maximum atomic E-state index is 9.18. The molecule has 0 heterocycles. The van der Waals surface area contributed by atoms with Crippen LogP contribution in [-0.4, -0.2) is 11.7 Å². The van der Waals surface area contributed by atoms with Crippen molar-refractivity contribution in [1.29, 1.82) is 0 Å². The summed E-state index contributed by atoms with van der Waals surface area (Å²) in [6.07, 6.45) is 3.58. The third-order valence-electron chi connectivity index (χ3n) is 3.93. The van der Waals surface area contributed by atoms with Crippen LogP contribution in [0, 0.1) is 5.41 Å². The summed E-state index contributed by atoms with van der Waals surface area (Å²) in [4.78, 5) is 0. The van der Waals surface area contributed by atoms with Crippen LogP contribution in [0.3, 0.4) is 0 Å². The first-order valence-electron chi connectivity index (χ1n) is 5.05. The zero-order valence-corrected chi connectivity index (χ0v) is 9.55. The minimum absolute atomic E-state index is 0.313. The lowest BCUT2D eigenvalue weighted by molar-refractivity contribution is -0.167. The van der Waals surface area contributed by atoms with E-state index in [1.54, 1.807) is 0 Å². The van der Waals surface area contributed by atoms with E-state index in [4.69, 9.17) is 0 Å². The van der Waals surface area contributed by atoms with Crippen molar-refractivity contribution in [1.82, 2.24) is 0 Å². The van der Waals surface area contributed by atoms with E-state index in [1.807, 2.05) is 0 Å². The minimum atomic E-state index is 0.313. The highest BCUT2D eigenvalue weighted by Crippen LogP contribution is 2.73. The van der Waals surface area contributed by atoms with E-state index in [0.717, 1.165) is 4.47 Å². The van der Waals surface area contributed by atoms with Gasteiger partial charge in [0.25, 0.3) is 0 Å². The third-order valence-corrected chi connectivity index (χ3v) is 4.46. The lowest BCUT2D eigenvalue weighted by Gasteiger charge is -2.70. The molecule has 74 valence electrons. The van der Waals surface area contributed by atoms with Gasteiger partial charge in [0.15, 0.2) is 0 Å². The summed E-state index contributed by atoms with van der Waals surface area (Å²) in [5.41, 5.74) is 2.20. The summed E-state index contributed by atoms with van der Waals surface area (Å²) in [6, 6.07) is 8.65. The molecule has 0 aliphatic heterocycles. The van der Waals surface area contributed by atoms with Gasteiger partial charge in [0.1, 0.15) is 0 Å². The number of aliphatic hydroxyl groups is 1. The van der Waals surface area contributed by atoms with Crippen LogP contribution in [0.25, 0.3) is 0 Å². The molecular formula is C12H13BrO. The first-order chi connectivity index (χ1) is 6.68. The average molecular weight is 253 g/mol. The van der Waals surface area contributed by atoms with E-state index in [9.17, 15) is 5.11 Å². The molecule has 4 rings (SSSR count). The normalized spacial score (nSPS) is 38.7. The number of hydrogen-bond acceptors (Lipinski definition) is 1. The molecule has 1 aromatic carbocycles. The molecule has 0 atom stereocenters. The van der Waals surface area contributed by atoms with Crippen molar-refractivity contribution < 1.29 is 5.11 Å². The Labute approximate surface area is 92.3 Å². The van der Waals surface area contributed by atoms with Crippen LogP contribution in [0.2, 0.25) is 0 Å². The van der Waals surface area contributed by atoms with E-state index in [1.165, 1.54) is 24.8 Å². The second kappa shape index (κ2) is 2.61. The summed E-state index contributed by atoms with van der Waals surface area (Å²) < 4.78 is 1.14. The van der Waals surface area contributed by atoms with Gasteiger partial charge in [0.05, 0.1) is 0 Å². The first-order valence-corrected chi connectivity index (χ1v) is 5.84. The fourth-order valence-electron chi connectivity index (χ4n) is 3.28. The van der Waals surface area contributed by atoms with Gasteiger partial charge >= 0.3 is 0 Å². The van der Waals surface area contributed by atoms with Gasteiger partial charge in [-0.1, -0.05) is 28.1 Å². The Balaban J connectivity index is 1.84. The van der Waals surface area contributed by atoms with Crippen LogP contribution < -0.4 is 0 Å². The number of hydrogen-bond donors (Lipinski definition) is 1. The van der Waals surface area contributed by atoms with Crippen molar-refractivity contribution in [2.24, 2.45) is 5.41 Å². The van der Waals surface area contributed by atoms with Crippen molar-refractivity contribution in [3.8, 4) is 0 Å². The summed E-state index contributed by atoms with van der Waals surface area (Å²) in [7, 11) is 0. The van der Waals surface area contributed by atoms with Gasteiger partial charge in [-0.05, 0) is 47.8 Å². The monoisotopic (exact) mass is 252 g/mol. The molecule has 1 nitrogen and oxygen atoms in total. The molecule has 0 aromatic heterocycles. The molecule has 1 N–H and O–H groups in total. The van der Waals surface area contributed by atoms with Gasteiger partial charge in [-0.15, -0.1) is 0 Å². The zero-order chi connectivity index (χ0) is 9.81. The first kappa shape index (κ1) is 8.93. The molecule has 0 amide bonds. The number of aliphatic hydroxyl groups excluding tert-OH is 1. The number of rotatable bonds is 2. The highest BCUT2D eigenvalue weighted by molar-refractivity contribution is 9.10. The van der Waals surface area contributed by atoms with Gasteiger partial charge in [0.2, 0.25) is 0 Å². The maximum absolute atomic E-state index is 9.18. The molecule has 2 heteroatoms. The van der Waals surface area contributed by atoms with E-state index in [-0.39, 0.29) is 0 Å². The standard InChI is InChI=1S/C12H13BrO/c13-10-3-1-9(2-4-10)12-5-11(6-12,7-12)8-14/h1-4,14H,5-8H2. The molecule has 0 unspecified atom stereocenters. The van der Waals surface area contributed by atoms with Crippen molar-refractivity contribution in [2.45, 2.75) is 24.7 Å². The van der Waals surface area contributed by atoms with Crippen molar-refractivity contribution >= 4 is 15.9 Å². The van der Waals surface area contributed by atoms with Gasteiger partial charge in [-0.25, -0.2) is 0 Å². The predicted molar refractivity (Wildman–Crippen MR) is 59.2 cm³/mol. The summed E-state index contributed by atoms with van der Waals surface area (Å²) in [6.45, 7) is 0.380. The molecule has 2 bridgehead atoms. The Morgan fingerprint density at radius 2 is 1.71 bits per heavy atom. The molecule has 3 aliphatic rings. The summed E-state index contributed by atoms with van der Waals surface area (Å²) in [5, 5.41) is 9.18. The molecule has 3 fully saturated rings. The van der Waals surface area contributed by atoms with Crippen LogP contribution in [0.1, 0.15) is 24.8 Å². The minimum Gasteiger partial charge on any atom is -0.396 e. The summed E-state index contributed by atoms with van der Waals surface area (Å²) in [5.74, 6) is 0. The lowest BCUT2D eigenvalue weighted by atomic mass is 9.34. The largest absolute Gasteiger partial charge is 0.396 e. The van der Waals surface area contributed by atoms with Gasteiger partial charge in [0, 0.05) is 11.1 Å². The Bertz CT molecular complexity index is 349. The second-order valence-corrected chi connectivity index (χ2v) is 5.89. The van der Waals surface area contributed by atoms with E-state index < -0.39 is 0 Å². The van der Waals surface area contributed by atoms with Crippen molar-refractivity contribution in [3.05, 3.63) is 34.3 Å². The molecular weight excluding hydrogens is 240 g/mol. The average Bonchev–Trinajstić information content (AvgIpc) is 2.04. The molecule has 0 spiro atoms. The zero-order valence-electron chi connectivity index (χ0n) is 7.96. The van der Waals surface area contributed by atoms with Gasteiger partial charge < -0.3 is 5.11 Å². The van der Waals surface area contributed by atoms with Crippen LogP contribution in [-0.2, 0) is 5.41 Å². The number of benzene rings is 1. The SMILES string of the molecule is OCC12CC(c3ccc(Br)cc3)(C1)C2. The fourth-order valence-corrected chi connectivity index (χ4v) is 3.54. The van der Waals surface area contributed by atoms with Crippen molar-refractivity contribution in [3.63, 3.8) is 0 Å². The maximum Gasteiger partial charge on any atom is 0.0488 e. The topological polar surface area (TPSA) is 20.2 Å². The smallest absolute Gasteiger partial charge is 0.0488 e. The Kier molecular flexibility index (Phi) is 1.67. The highest BCUT2D eigenvalue weighted by atomic mass is 79.9. The fraction of sp³-hybridized carbons (Fsp3) is 0.500. The Hall–Kier alpha value is -0.340. The van der Waals surface area contributed by atoms with Crippen LogP contribution in [0.5, 0.6) is 0 Å². The lowest BCUT2D eigenvalue weighted by Crippen LogP contribution is -2.66. The molecule has 0 radical (unpaired) electrons.